The molecular weight excluding hydrogens is 242 g/mol. The van der Waals surface area contributed by atoms with Gasteiger partial charge >= 0.3 is 0 Å². The van der Waals surface area contributed by atoms with Crippen LogP contribution in [0.4, 0.5) is 5.69 Å². The van der Waals surface area contributed by atoms with Crippen LogP contribution in [-0.2, 0) is 16.0 Å². The number of hydrogen-bond acceptors (Lipinski definition) is 3. The third-order valence-electron chi connectivity index (χ3n) is 2.59. The quantitative estimate of drug-likeness (QED) is 0.522. The highest BCUT2D eigenvalue weighted by atomic mass is 16.2. The van der Waals surface area contributed by atoms with Gasteiger partial charge in [-0.3, -0.25) is 9.59 Å². The highest BCUT2D eigenvalue weighted by Gasteiger charge is 2.06. The molecule has 0 aromatic heterocycles. The van der Waals surface area contributed by atoms with Gasteiger partial charge in [-0.05, 0) is 17.7 Å². The first-order chi connectivity index (χ1) is 8.99. The number of rotatable bonds is 6. The van der Waals surface area contributed by atoms with Crippen molar-refractivity contribution in [3.05, 3.63) is 29.8 Å². The van der Waals surface area contributed by atoms with E-state index in [1.165, 1.54) is 0 Å². The van der Waals surface area contributed by atoms with E-state index in [1.807, 2.05) is 26.0 Å². The van der Waals surface area contributed by atoms with E-state index >= 15 is 0 Å². The summed E-state index contributed by atoms with van der Waals surface area (Å²) in [7, 11) is 0. The van der Waals surface area contributed by atoms with Crippen LogP contribution < -0.4 is 16.4 Å². The molecule has 0 aliphatic rings. The fraction of sp³-hybridized carbons (Fsp3) is 0.429. The minimum absolute atomic E-state index is 0.00918. The van der Waals surface area contributed by atoms with Crippen LogP contribution in [0.2, 0.25) is 0 Å². The molecule has 0 fully saturated rings. The summed E-state index contributed by atoms with van der Waals surface area (Å²) < 4.78 is 0. The van der Waals surface area contributed by atoms with Crippen molar-refractivity contribution in [3.8, 4) is 0 Å². The third kappa shape index (κ3) is 5.90. The monoisotopic (exact) mass is 263 g/mol. The number of benzene rings is 1. The number of carbonyl (C=O) groups excluding carboxylic acids is 2. The van der Waals surface area contributed by atoms with E-state index in [1.54, 1.807) is 12.1 Å². The van der Waals surface area contributed by atoms with Crippen molar-refractivity contribution >= 4 is 17.5 Å². The molecule has 5 heteroatoms. The lowest BCUT2D eigenvalue weighted by Gasteiger charge is -2.09. The van der Waals surface area contributed by atoms with Gasteiger partial charge in [0.25, 0.3) is 0 Å². The highest BCUT2D eigenvalue weighted by Crippen LogP contribution is 2.06. The lowest BCUT2D eigenvalue weighted by molar-refractivity contribution is -0.124. The van der Waals surface area contributed by atoms with Gasteiger partial charge in [-0.25, -0.2) is 0 Å². The summed E-state index contributed by atoms with van der Waals surface area (Å²) in [6.45, 7) is 4.53. The lowest BCUT2D eigenvalue weighted by atomic mass is 10.1. The maximum atomic E-state index is 11.6. The van der Waals surface area contributed by atoms with Crippen LogP contribution in [0.25, 0.3) is 0 Å². The molecule has 1 aromatic rings. The summed E-state index contributed by atoms with van der Waals surface area (Å²) in [4.78, 5) is 22.9. The molecule has 0 aliphatic carbocycles. The van der Waals surface area contributed by atoms with E-state index in [4.69, 9.17) is 5.73 Å². The van der Waals surface area contributed by atoms with Gasteiger partial charge in [0.05, 0.1) is 6.42 Å². The summed E-state index contributed by atoms with van der Waals surface area (Å²) in [5.74, 6) is -0.127. The standard InChI is InChI=1S/C14H21N3O2/c1-10(2)14(19)17-7-6-16-13(18)9-11-4-3-5-12(15)8-11/h3-5,8,10H,6-7,9,15H2,1-2H3,(H,16,18)(H,17,19). The number of nitrogen functional groups attached to an aromatic ring is 1. The molecule has 19 heavy (non-hydrogen) atoms. The average molecular weight is 263 g/mol. The van der Waals surface area contributed by atoms with Crippen LogP contribution in [0.1, 0.15) is 19.4 Å². The molecule has 0 bridgehead atoms. The van der Waals surface area contributed by atoms with Crippen molar-refractivity contribution < 1.29 is 9.59 Å². The van der Waals surface area contributed by atoms with E-state index in [0.717, 1.165) is 5.56 Å². The van der Waals surface area contributed by atoms with Gasteiger partial charge in [-0.2, -0.15) is 0 Å². The van der Waals surface area contributed by atoms with Crippen molar-refractivity contribution in [1.29, 1.82) is 0 Å². The number of nitrogens with two attached hydrogens (primary N) is 1. The molecule has 0 spiro atoms. The second-order valence-electron chi connectivity index (χ2n) is 4.72. The molecule has 0 radical (unpaired) electrons. The summed E-state index contributed by atoms with van der Waals surface area (Å²) in [6.07, 6.45) is 0.295. The molecule has 4 N–H and O–H groups in total. The zero-order chi connectivity index (χ0) is 14.3. The van der Waals surface area contributed by atoms with Crippen LogP contribution in [0.5, 0.6) is 0 Å². The summed E-state index contributed by atoms with van der Waals surface area (Å²) in [5.41, 5.74) is 7.16. The fourth-order valence-corrected chi connectivity index (χ4v) is 1.54. The first-order valence-corrected chi connectivity index (χ1v) is 6.38. The molecule has 0 saturated carbocycles. The average Bonchev–Trinajstić information content (AvgIpc) is 2.34. The van der Waals surface area contributed by atoms with Crippen LogP contribution >= 0.6 is 0 Å². The predicted molar refractivity (Wildman–Crippen MR) is 75.4 cm³/mol. The van der Waals surface area contributed by atoms with Crippen LogP contribution in [0.15, 0.2) is 24.3 Å². The lowest BCUT2D eigenvalue weighted by Crippen LogP contribution is -2.36. The molecule has 0 atom stereocenters. The molecule has 2 amide bonds. The largest absolute Gasteiger partial charge is 0.399 e. The van der Waals surface area contributed by atoms with E-state index in [0.29, 0.717) is 25.2 Å². The number of hydrogen-bond donors (Lipinski definition) is 3. The SMILES string of the molecule is CC(C)C(=O)NCCNC(=O)Cc1cccc(N)c1. The smallest absolute Gasteiger partial charge is 0.224 e. The fourth-order valence-electron chi connectivity index (χ4n) is 1.54. The minimum Gasteiger partial charge on any atom is -0.399 e. The Kier molecular flexibility index (Phi) is 5.85. The Morgan fingerprint density at radius 2 is 1.89 bits per heavy atom. The van der Waals surface area contributed by atoms with Crippen molar-refractivity contribution in [1.82, 2.24) is 10.6 Å². The zero-order valence-electron chi connectivity index (χ0n) is 11.4. The van der Waals surface area contributed by atoms with Gasteiger partial charge in [0.1, 0.15) is 0 Å². The van der Waals surface area contributed by atoms with Gasteiger partial charge in [-0.15, -0.1) is 0 Å². The maximum Gasteiger partial charge on any atom is 0.224 e. The minimum atomic E-state index is -0.0793. The number of nitrogens with one attached hydrogen (secondary N) is 2. The van der Waals surface area contributed by atoms with Gasteiger partial charge in [-0.1, -0.05) is 26.0 Å². The van der Waals surface area contributed by atoms with Crippen molar-refractivity contribution in [2.24, 2.45) is 5.92 Å². The van der Waals surface area contributed by atoms with Crippen molar-refractivity contribution in [3.63, 3.8) is 0 Å². The van der Waals surface area contributed by atoms with E-state index in [-0.39, 0.29) is 17.7 Å². The van der Waals surface area contributed by atoms with Crippen molar-refractivity contribution in [2.75, 3.05) is 18.8 Å². The summed E-state index contributed by atoms with van der Waals surface area (Å²) in [5, 5.41) is 5.49. The normalized spacial score (nSPS) is 10.3. The van der Waals surface area contributed by atoms with Gasteiger partial charge < -0.3 is 16.4 Å². The van der Waals surface area contributed by atoms with Gasteiger partial charge in [0, 0.05) is 24.7 Å². The third-order valence-corrected chi connectivity index (χ3v) is 2.59. The summed E-state index contributed by atoms with van der Waals surface area (Å²) in [6, 6.07) is 7.24. The Morgan fingerprint density at radius 1 is 1.21 bits per heavy atom. The predicted octanol–water partition coefficient (Wildman–Crippen LogP) is 0.700. The molecule has 0 aliphatic heterocycles. The van der Waals surface area contributed by atoms with E-state index in [9.17, 15) is 9.59 Å². The molecule has 0 saturated heterocycles. The van der Waals surface area contributed by atoms with Gasteiger partial charge in [0.2, 0.25) is 11.8 Å². The van der Waals surface area contributed by atoms with Crippen molar-refractivity contribution in [2.45, 2.75) is 20.3 Å². The number of amides is 2. The number of anilines is 1. The second kappa shape index (κ2) is 7.41. The van der Waals surface area contributed by atoms with Crippen LogP contribution in [-0.4, -0.2) is 24.9 Å². The molecular formula is C14H21N3O2. The molecule has 5 nitrogen and oxygen atoms in total. The Labute approximate surface area is 113 Å². The number of carbonyl (C=O) groups is 2. The van der Waals surface area contributed by atoms with Crippen LogP contribution in [0, 0.1) is 5.92 Å². The molecule has 0 heterocycles. The van der Waals surface area contributed by atoms with Gasteiger partial charge in [0.15, 0.2) is 0 Å². The van der Waals surface area contributed by atoms with E-state index < -0.39 is 0 Å². The Hall–Kier alpha value is -2.04. The second-order valence-corrected chi connectivity index (χ2v) is 4.72. The molecule has 1 rings (SSSR count). The highest BCUT2D eigenvalue weighted by molar-refractivity contribution is 5.79. The maximum absolute atomic E-state index is 11.6. The van der Waals surface area contributed by atoms with E-state index in [2.05, 4.69) is 10.6 Å². The summed E-state index contributed by atoms with van der Waals surface area (Å²) >= 11 is 0. The molecule has 0 unspecified atom stereocenters. The Balaban J connectivity index is 2.23. The topological polar surface area (TPSA) is 84.2 Å². The Bertz CT molecular complexity index is 444. The molecule has 1 aromatic carbocycles. The first kappa shape index (κ1) is 15.0. The first-order valence-electron chi connectivity index (χ1n) is 6.38. The molecule has 104 valence electrons. The zero-order valence-corrected chi connectivity index (χ0v) is 11.4. The van der Waals surface area contributed by atoms with Crippen LogP contribution in [0.3, 0.4) is 0 Å². The Morgan fingerprint density at radius 3 is 2.53 bits per heavy atom.